The summed E-state index contributed by atoms with van der Waals surface area (Å²) < 4.78 is 8.27. The van der Waals surface area contributed by atoms with Gasteiger partial charge in [-0.3, -0.25) is 9.36 Å². The average molecular weight is 410 g/mol. The van der Waals surface area contributed by atoms with Crippen LogP contribution in [0.2, 0.25) is 0 Å². The van der Waals surface area contributed by atoms with Crippen molar-refractivity contribution in [2.75, 3.05) is 13.7 Å². The Labute approximate surface area is 172 Å². The van der Waals surface area contributed by atoms with E-state index in [-0.39, 0.29) is 29.9 Å². The predicted molar refractivity (Wildman–Crippen MR) is 115 cm³/mol. The number of carbonyl (C=O) groups is 1. The number of nitrogens with two attached hydrogens (primary N) is 1. The number of methoxy groups -OCH3 is 1. The number of hydrogen-bond donors (Lipinski definition) is 1. The Morgan fingerprint density at radius 2 is 2.00 bits per heavy atom. The molecule has 28 heavy (non-hydrogen) atoms. The molecule has 1 fully saturated rings. The summed E-state index contributed by atoms with van der Waals surface area (Å²) in [4.78, 5) is 26.7. The summed E-state index contributed by atoms with van der Waals surface area (Å²) in [7, 11) is 1.59. The second-order valence-electron chi connectivity index (χ2n) is 8.18. The highest BCUT2D eigenvalue weighted by Crippen LogP contribution is 2.39. The van der Waals surface area contributed by atoms with Gasteiger partial charge in [-0.15, -0.1) is 12.4 Å². The second kappa shape index (κ2) is 9.14. The third-order valence-corrected chi connectivity index (χ3v) is 6.05. The van der Waals surface area contributed by atoms with E-state index in [1.807, 2.05) is 0 Å². The van der Waals surface area contributed by atoms with E-state index in [1.165, 1.54) is 4.57 Å². The van der Waals surface area contributed by atoms with Gasteiger partial charge in [0.15, 0.2) is 0 Å². The largest absolute Gasteiger partial charge is 0.497 e. The molecule has 0 bridgehead atoms. The molecule has 0 spiro atoms. The van der Waals surface area contributed by atoms with Gasteiger partial charge in [0.1, 0.15) is 5.75 Å². The Morgan fingerprint density at radius 3 is 2.61 bits per heavy atom. The van der Waals surface area contributed by atoms with E-state index < -0.39 is 0 Å². The van der Waals surface area contributed by atoms with Crippen molar-refractivity contribution in [1.29, 1.82) is 0 Å². The number of carbonyl (C=O) groups excluding carboxylic acids is 1. The first-order valence-electron chi connectivity index (χ1n) is 9.92. The molecule has 3 unspecified atom stereocenters. The van der Waals surface area contributed by atoms with Gasteiger partial charge in [0, 0.05) is 25.1 Å². The van der Waals surface area contributed by atoms with Crippen LogP contribution in [0.3, 0.4) is 0 Å². The molecule has 156 valence electrons. The van der Waals surface area contributed by atoms with Crippen LogP contribution in [0, 0.1) is 23.7 Å². The van der Waals surface area contributed by atoms with Gasteiger partial charge in [-0.25, -0.2) is 9.36 Å². The molecular weight excluding hydrogens is 378 g/mol. The smallest absolute Gasteiger partial charge is 0.336 e. The van der Waals surface area contributed by atoms with E-state index in [2.05, 4.69) is 20.8 Å². The molecule has 0 aliphatic heterocycles. The van der Waals surface area contributed by atoms with Crippen molar-refractivity contribution in [3.05, 3.63) is 28.7 Å². The first-order valence-corrected chi connectivity index (χ1v) is 9.92. The molecule has 0 radical (unpaired) electrons. The number of hydrogen-bond acceptors (Lipinski definition) is 4. The van der Waals surface area contributed by atoms with Crippen molar-refractivity contribution in [2.45, 2.75) is 46.6 Å². The van der Waals surface area contributed by atoms with Crippen molar-refractivity contribution in [3.8, 4) is 5.75 Å². The highest BCUT2D eigenvalue weighted by Gasteiger charge is 2.37. The second-order valence-corrected chi connectivity index (χ2v) is 8.18. The molecule has 0 amide bonds. The fourth-order valence-electron chi connectivity index (χ4n) is 4.57. The minimum Gasteiger partial charge on any atom is -0.497 e. The summed E-state index contributed by atoms with van der Waals surface area (Å²) in [6.07, 6.45) is 3.03. The average Bonchev–Trinajstić information content (AvgIpc) is 2.92. The number of imidazole rings is 1. The lowest BCUT2D eigenvalue weighted by molar-refractivity contribution is 0.0633. The molecule has 0 saturated heterocycles. The lowest BCUT2D eigenvalue weighted by atomic mass is 9.69. The summed E-state index contributed by atoms with van der Waals surface area (Å²) in [5.41, 5.74) is 6.75. The van der Waals surface area contributed by atoms with E-state index in [4.69, 9.17) is 10.5 Å². The van der Waals surface area contributed by atoms with Gasteiger partial charge < -0.3 is 10.5 Å². The Balaban J connectivity index is 0.00000280. The van der Waals surface area contributed by atoms with E-state index in [1.54, 1.807) is 29.9 Å². The number of halogens is 1. The molecule has 6 nitrogen and oxygen atoms in total. The van der Waals surface area contributed by atoms with E-state index in [0.29, 0.717) is 47.6 Å². The first-order chi connectivity index (χ1) is 12.9. The van der Waals surface area contributed by atoms with E-state index in [0.717, 1.165) is 19.3 Å². The normalized spacial score (nSPS) is 22.3. The van der Waals surface area contributed by atoms with Crippen LogP contribution in [0.4, 0.5) is 0 Å². The SMILES string of the molecule is COc1ccc2c(c1)n(CCN)c(=O)n2C(=O)C1CC(C)CCC1C(C)C.Cl. The van der Waals surface area contributed by atoms with Gasteiger partial charge in [-0.05, 0) is 42.7 Å². The maximum atomic E-state index is 13.6. The molecule has 1 aliphatic carbocycles. The molecule has 2 N–H and O–H groups in total. The molecule has 1 aromatic heterocycles. The van der Waals surface area contributed by atoms with Crippen molar-refractivity contribution in [2.24, 2.45) is 29.4 Å². The molecule has 7 heteroatoms. The number of nitrogens with zero attached hydrogens (tertiary/aromatic N) is 2. The van der Waals surface area contributed by atoms with E-state index in [9.17, 15) is 9.59 Å². The van der Waals surface area contributed by atoms with Gasteiger partial charge in [0.2, 0.25) is 5.91 Å². The van der Waals surface area contributed by atoms with Crippen molar-refractivity contribution < 1.29 is 9.53 Å². The van der Waals surface area contributed by atoms with Gasteiger partial charge in [0.05, 0.1) is 18.1 Å². The highest BCUT2D eigenvalue weighted by atomic mass is 35.5. The minimum absolute atomic E-state index is 0. The Bertz CT molecular complexity index is 887. The van der Waals surface area contributed by atoms with Crippen LogP contribution < -0.4 is 16.2 Å². The fraction of sp³-hybridized carbons (Fsp3) is 0.619. The monoisotopic (exact) mass is 409 g/mol. The molecular formula is C21H32ClN3O3. The lowest BCUT2D eigenvalue weighted by Gasteiger charge is -2.36. The number of ether oxygens (including phenoxy) is 1. The predicted octanol–water partition coefficient (Wildman–Crippen LogP) is 3.54. The third kappa shape index (κ3) is 3.98. The minimum atomic E-state index is -0.297. The maximum absolute atomic E-state index is 13.6. The zero-order valence-corrected chi connectivity index (χ0v) is 18.0. The van der Waals surface area contributed by atoms with Crippen LogP contribution in [-0.4, -0.2) is 28.7 Å². The van der Waals surface area contributed by atoms with Gasteiger partial charge in [-0.2, -0.15) is 0 Å². The number of fused-ring (bicyclic) bond motifs is 1. The molecule has 1 aromatic carbocycles. The molecule has 3 rings (SSSR count). The summed E-state index contributed by atoms with van der Waals surface area (Å²) in [6, 6.07) is 5.40. The standard InChI is InChI=1S/C21H31N3O3.ClH/c1-13(2)16-7-5-14(3)11-17(16)20(25)24-18-8-6-15(27-4)12-19(18)23(10-9-22)21(24)26;/h6,8,12-14,16-17H,5,7,9-11,22H2,1-4H3;1H. The van der Waals surface area contributed by atoms with Gasteiger partial charge in [0.25, 0.3) is 0 Å². The van der Waals surface area contributed by atoms with Crippen molar-refractivity contribution in [3.63, 3.8) is 0 Å². The van der Waals surface area contributed by atoms with Crippen LogP contribution >= 0.6 is 12.4 Å². The summed E-state index contributed by atoms with van der Waals surface area (Å²) >= 11 is 0. The van der Waals surface area contributed by atoms with Crippen LogP contribution in [0.25, 0.3) is 11.0 Å². The molecule has 2 aromatic rings. The Hall–Kier alpha value is -1.79. The third-order valence-electron chi connectivity index (χ3n) is 6.05. The quantitative estimate of drug-likeness (QED) is 0.819. The molecule has 1 heterocycles. The first kappa shape index (κ1) is 22.5. The molecule has 1 saturated carbocycles. The number of rotatable bonds is 5. The highest BCUT2D eigenvalue weighted by molar-refractivity contribution is 5.92. The molecule has 3 atom stereocenters. The van der Waals surface area contributed by atoms with Crippen LogP contribution in [0.15, 0.2) is 23.0 Å². The van der Waals surface area contributed by atoms with Crippen molar-refractivity contribution >= 4 is 29.3 Å². The van der Waals surface area contributed by atoms with Crippen molar-refractivity contribution in [1.82, 2.24) is 9.13 Å². The summed E-state index contributed by atoms with van der Waals surface area (Å²) in [6.45, 7) is 7.25. The topological polar surface area (TPSA) is 79.2 Å². The summed E-state index contributed by atoms with van der Waals surface area (Å²) in [5, 5.41) is 0. The van der Waals surface area contributed by atoms with Crippen LogP contribution in [0.5, 0.6) is 5.75 Å². The zero-order chi connectivity index (χ0) is 19.7. The Morgan fingerprint density at radius 1 is 1.29 bits per heavy atom. The fourth-order valence-corrected chi connectivity index (χ4v) is 4.57. The van der Waals surface area contributed by atoms with Crippen LogP contribution in [0.1, 0.15) is 44.8 Å². The zero-order valence-electron chi connectivity index (χ0n) is 17.2. The maximum Gasteiger partial charge on any atom is 0.336 e. The molecule has 1 aliphatic rings. The van der Waals surface area contributed by atoms with Gasteiger partial charge >= 0.3 is 5.69 Å². The Kier molecular flexibility index (Phi) is 7.34. The van der Waals surface area contributed by atoms with Crippen LogP contribution in [-0.2, 0) is 6.54 Å². The summed E-state index contributed by atoms with van der Waals surface area (Å²) in [5.74, 6) is 1.69. The number of aromatic nitrogens is 2. The number of benzene rings is 1. The van der Waals surface area contributed by atoms with Gasteiger partial charge in [-0.1, -0.05) is 27.2 Å². The lowest BCUT2D eigenvalue weighted by Crippen LogP contribution is -2.40. The van der Waals surface area contributed by atoms with E-state index >= 15 is 0 Å².